The average Bonchev–Trinajstić information content (AvgIpc) is 3.56. The number of aromatic nitrogens is 3. The molecule has 0 bridgehead atoms. The Morgan fingerprint density at radius 2 is 1.74 bits per heavy atom. The van der Waals surface area contributed by atoms with Crippen LogP contribution in [-0.4, -0.2) is 67.9 Å². The Kier molecular flexibility index (Phi) is 9.61. The number of imidazole rings is 1. The number of fused-ring (bicyclic) bond motifs is 1. The van der Waals surface area contributed by atoms with Crippen molar-refractivity contribution in [1.29, 1.82) is 0 Å². The minimum atomic E-state index is -1.15. The number of aliphatic carboxylic acids is 1. The van der Waals surface area contributed by atoms with Gasteiger partial charge in [-0.3, -0.25) is 14.4 Å². The summed E-state index contributed by atoms with van der Waals surface area (Å²) in [4.78, 5) is 60.3. The number of para-hydroxylation sites is 1. The van der Waals surface area contributed by atoms with Crippen molar-refractivity contribution in [2.45, 2.75) is 64.2 Å². The van der Waals surface area contributed by atoms with Crippen LogP contribution in [0.5, 0.6) is 0 Å². The Balaban J connectivity index is 1.67. The number of nitrogens with one attached hydrogen (secondary N) is 5. The molecule has 3 amide bonds. The van der Waals surface area contributed by atoms with Gasteiger partial charge >= 0.3 is 5.97 Å². The number of carboxylic acids is 1. The third-order valence-corrected chi connectivity index (χ3v) is 6.59. The molecule has 3 aromatic rings. The van der Waals surface area contributed by atoms with Crippen molar-refractivity contribution in [3.05, 3.63) is 54.2 Å². The number of H-pyrrole nitrogens is 2. The maximum absolute atomic E-state index is 13.1. The molecule has 5 unspecified atom stereocenters. The van der Waals surface area contributed by atoms with Crippen LogP contribution < -0.4 is 21.7 Å². The largest absolute Gasteiger partial charge is 0.480 e. The second kappa shape index (κ2) is 12.9. The molecule has 5 atom stereocenters. The van der Waals surface area contributed by atoms with Crippen LogP contribution in [0.1, 0.15) is 38.4 Å². The molecule has 0 saturated carbocycles. The van der Waals surface area contributed by atoms with Gasteiger partial charge in [0.25, 0.3) is 0 Å². The number of carbonyl (C=O) groups is 4. The predicted octanol–water partition coefficient (Wildman–Crippen LogP) is 0.609. The standard InChI is InChI=1S/C26H35N7O5/c1-4-14(2)22(26(37)38)33-23(34)15(3)31-25(36)21(10-17-12-28-13-30-17)32-24(35)19(27)9-16-11-29-20-8-6-5-7-18(16)20/h5-8,11-15,19,21-22,29H,4,9-10,27H2,1-3H3,(H,28,30)(H,31,36)(H,32,35)(H,33,34)(H,37,38). The third kappa shape index (κ3) is 7.19. The van der Waals surface area contributed by atoms with Crippen molar-refractivity contribution >= 4 is 34.6 Å². The number of carboxylic acid groups (broad SMARTS) is 1. The lowest BCUT2D eigenvalue weighted by Gasteiger charge is -2.25. The van der Waals surface area contributed by atoms with Crippen LogP contribution in [0.4, 0.5) is 0 Å². The van der Waals surface area contributed by atoms with Gasteiger partial charge in [-0.1, -0.05) is 38.5 Å². The number of benzene rings is 1. The number of hydrogen-bond donors (Lipinski definition) is 7. The van der Waals surface area contributed by atoms with Crippen molar-refractivity contribution in [3.63, 3.8) is 0 Å². The van der Waals surface area contributed by atoms with Gasteiger partial charge in [0.2, 0.25) is 17.7 Å². The van der Waals surface area contributed by atoms with Crippen molar-refractivity contribution < 1.29 is 24.3 Å². The molecule has 204 valence electrons. The second-order valence-corrected chi connectivity index (χ2v) is 9.45. The summed E-state index contributed by atoms with van der Waals surface area (Å²) in [5, 5.41) is 18.1. The highest BCUT2D eigenvalue weighted by Crippen LogP contribution is 2.19. The molecule has 2 heterocycles. The monoisotopic (exact) mass is 525 g/mol. The summed E-state index contributed by atoms with van der Waals surface area (Å²) in [5.41, 5.74) is 8.59. The molecular formula is C26H35N7O5. The zero-order valence-corrected chi connectivity index (χ0v) is 21.7. The average molecular weight is 526 g/mol. The predicted molar refractivity (Wildman–Crippen MR) is 141 cm³/mol. The van der Waals surface area contributed by atoms with E-state index in [0.29, 0.717) is 12.1 Å². The van der Waals surface area contributed by atoms with Crippen LogP contribution >= 0.6 is 0 Å². The molecule has 1 aromatic carbocycles. The topological polar surface area (TPSA) is 195 Å². The number of aromatic amines is 2. The molecule has 0 fully saturated rings. The molecule has 8 N–H and O–H groups in total. The van der Waals surface area contributed by atoms with Crippen molar-refractivity contribution in [3.8, 4) is 0 Å². The van der Waals surface area contributed by atoms with Crippen LogP contribution in [-0.2, 0) is 32.0 Å². The van der Waals surface area contributed by atoms with Crippen LogP contribution in [0.3, 0.4) is 0 Å². The van der Waals surface area contributed by atoms with Gasteiger partial charge in [-0.15, -0.1) is 0 Å². The summed E-state index contributed by atoms with van der Waals surface area (Å²) < 4.78 is 0. The van der Waals surface area contributed by atoms with Crippen molar-refractivity contribution in [1.82, 2.24) is 30.9 Å². The van der Waals surface area contributed by atoms with E-state index < -0.39 is 47.9 Å². The first-order chi connectivity index (χ1) is 18.1. The summed E-state index contributed by atoms with van der Waals surface area (Å²) in [5.74, 6) is -3.25. The highest BCUT2D eigenvalue weighted by Gasteiger charge is 2.30. The highest BCUT2D eigenvalue weighted by molar-refractivity contribution is 5.94. The molecule has 0 radical (unpaired) electrons. The maximum Gasteiger partial charge on any atom is 0.326 e. The van der Waals surface area contributed by atoms with Gasteiger partial charge in [0.05, 0.1) is 12.4 Å². The maximum atomic E-state index is 13.1. The lowest BCUT2D eigenvalue weighted by molar-refractivity contribution is -0.143. The fourth-order valence-corrected chi connectivity index (χ4v) is 4.08. The zero-order chi connectivity index (χ0) is 27.8. The Hall–Kier alpha value is -4.19. The van der Waals surface area contributed by atoms with Crippen LogP contribution in [0.25, 0.3) is 10.9 Å². The van der Waals surface area contributed by atoms with E-state index in [4.69, 9.17) is 5.73 Å². The van der Waals surface area contributed by atoms with E-state index in [0.717, 1.165) is 16.5 Å². The summed E-state index contributed by atoms with van der Waals surface area (Å²) in [7, 11) is 0. The molecule has 12 heteroatoms. The molecule has 0 saturated heterocycles. The molecular weight excluding hydrogens is 490 g/mol. The summed E-state index contributed by atoms with van der Waals surface area (Å²) in [6, 6.07) is 3.54. The molecule has 2 aromatic heterocycles. The number of rotatable bonds is 13. The number of nitrogens with two attached hydrogens (primary N) is 1. The quantitative estimate of drug-likeness (QED) is 0.170. The lowest BCUT2D eigenvalue weighted by atomic mass is 9.99. The van der Waals surface area contributed by atoms with Gasteiger partial charge in [0.15, 0.2) is 0 Å². The van der Waals surface area contributed by atoms with Gasteiger partial charge in [-0.05, 0) is 30.9 Å². The first-order valence-electron chi connectivity index (χ1n) is 12.5. The Bertz CT molecular complexity index is 1260. The number of nitrogens with zero attached hydrogens (tertiary/aromatic N) is 1. The number of hydrogen-bond acceptors (Lipinski definition) is 6. The Morgan fingerprint density at radius 3 is 2.39 bits per heavy atom. The van der Waals surface area contributed by atoms with E-state index in [2.05, 4.69) is 30.9 Å². The molecule has 0 spiro atoms. The lowest BCUT2D eigenvalue weighted by Crippen LogP contribution is -2.57. The number of amides is 3. The normalized spacial score (nSPS) is 15.2. The van der Waals surface area contributed by atoms with E-state index in [9.17, 15) is 24.3 Å². The van der Waals surface area contributed by atoms with Crippen molar-refractivity contribution in [2.75, 3.05) is 0 Å². The van der Waals surface area contributed by atoms with Gasteiger partial charge in [-0.2, -0.15) is 0 Å². The van der Waals surface area contributed by atoms with Gasteiger partial charge in [-0.25, -0.2) is 9.78 Å². The molecule has 12 nitrogen and oxygen atoms in total. The van der Waals surface area contributed by atoms with E-state index >= 15 is 0 Å². The minimum Gasteiger partial charge on any atom is -0.480 e. The van der Waals surface area contributed by atoms with Crippen molar-refractivity contribution in [2.24, 2.45) is 11.7 Å². The second-order valence-electron chi connectivity index (χ2n) is 9.45. The van der Waals surface area contributed by atoms with E-state index in [-0.39, 0.29) is 18.8 Å². The van der Waals surface area contributed by atoms with Crippen LogP contribution in [0, 0.1) is 5.92 Å². The first kappa shape index (κ1) is 28.4. The van der Waals surface area contributed by atoms with Gasteiger partial charge in [0, 0.05) is 35.4 Å². The van der Waals surface area contributed by atoms with Crippen LogP contribution in [0.15, 0.2) is 43.0 Å². The zero-order valence-electron chi connectivity index (χ0n) is 21.7. The summed E-state index contributed by atoms with van der Waals surface area (Å²) >= 11 is 0. The SMILES string of the molecule is CCC(C)C(NC(=O)C(C)NC(=O)C(Cc1cnc[nH]1)NC(=O)C(N)Cc1c[nH]c2ccccc12)C(=O)O. The number of carbonyl (C=O) groups excluding carboxylic acids is 3. The molecule has 0 aliphatic rings. The van der Waals surface area contributed by atoms with E-state index in [1.807, 2.05) is 31.2 Å². The highest BCUT2D eigenvalue weighted by atomic mass is 16.4. The molecule has 3 rings (SSSR count). The van der Waals surface area contributed by atoms with E-state index in [1.165, 1.54) is 19.4 Å². The fourth-order valence-electron chi connectivity index (χ4n) is 4.08. The Labute approximate surface area is 220 Å². The van der Waals surface area contributed by atoms with Crippen LogP contribution in [0.2, 0.25) is 0 Å². The molecule has 0 aliphatic heterocycles. The van der Waals surface area contributed by atoms with Gasteiger partial charge in [0.1, 0.15) is 18.1 Å². The molecule has 38 heavy (non-hydrogen) atoms. The van der Waals surface area contributed by atoms with Gasteiger partial charge < -0.3 is 36.8 Å². The third-order valence-electron chi connectivity index (χ3n) is 6.59. The fraction of sp³-hybridized carbons (Fsp3) is 0.423. The van der Waals surface area contributed by atoms with E-state index in [1.54, 1.807) is 13.1 Å². The minimum absolute atomic E-state index is 0.0797. The smallest absolute Gasteiger partial charge is 0.326 e. The molecule has 0 aliphatic carbocycles. The Morgan fingerprint density at radius 1 is 1.00 bits per heavy atom. The summed E-state index contributed by atoms with van der Waals surface area (Å²) in [6.45, 7) is 4.99. The summed E-state index contributed by atoms with van der Waals surface area (Å²) in [6.07, 6.45) is 5.66. The first-order valence-corrected chi connectivity index (χ1v) is 12.5.